The van der Waals surface area contributed by atoms with Crippen molar-refractivity contribution in [1.29, 1.82) is 0 Å². The maximum atomic E-state index is 12.4. The van der Waals surface area contributed by atoms with Gasteiger partial charge in [-0.15, -0.1) is 0 Å². The molecule has 3 N–H and O–H groups in total. The third kappa shape index (κ3) is 3.40. The number of carboxylic acids is 1. The fourth-order valence-corrected chi connectivity index (χ4v) is 2.50. The number of likely N-dealkylation sites (N-methyl/N-ethyl adjacent to an activating group) is 1. The SMILES string of the molecule is CCNC1COCC1C(=O)Nc1cccc(C(=O)O)c1C. The molecular formula is C15H20N2O4. The maximum absolute atomic E-state index is 12.4. The van der Waals surface area contributed by atoms with Crippen LogP contribution in [-0.4, -0.2) is 42.8 Å². The number of ether oxygens (including phenoxy) is 1. The number of rotatable bonds is 5. The minimum absolute atomic E-state index is 0.00189. The Morgan fingerprint density at radius 1 is 1.38 bits per heavy atom. The minimum Gasteiger partial charge on any atom is -0.478 e. The van der Waals surface area contributed by atoms with Crippen LogP contribution in [0.3, 0.4) is 0 Å². The van der Waals surface area contributed by atoms with E-state index in [0.29, 0.717) is 24.5 Å². The van der Waals surface area contributed by atoms with Crippen LogP contribution >= 0.6 is 0 Å². The van der Waals surface area contributed by atoms with Gasteiger partial charge >= 0.3 is 5.97 Å². The summed E-state index contributed by atoms with van der Waals surface area (Å²) >= 11 is 0. The van der Waals surface area contributed by atoms with E-state index in [-0.39, 0.29) is 23.4 Å². The molecule has 21 heavy (non-hydrogen) atoms. The van der Waals surface area contributed by atoms with Crippen molar-refractivity contribution < 1.29 is 19.4 Å². The number of amides is 1. The molecule has 0 bridgehead atoms. The lowest BCUT2D eigenvalue weighted by Crippen LogP contribution is -2.41. The molecule has 2 rings (SSSR count). The number of nitrogens with one attached hydrogen (secondary N) is 2. The second-order valence-corrected chi connectivity index (χ2v) is 5.08. The highest BCUT2D eigenvalue weighted by atomic mass is 16.5. The molecule has 0 radical (unpaired) electrons. The molecule has 1 aliphatic rings. The van der Waals surface area contributed by atoms with Gasteiger partial charge in [0.25, 0.3) is 0 Å². The van der Waals surface area contributed by atoms with Gasteiger partial charge in [0.1, 0.15) is 0 Å². The van der Waals surface area contributed by atoms with Crippen LogP contribution in [0.1, 0.15) is 22.8 Å². The molecule has 0 aromatic heterocycles. The first kappa shape index (κ1) is 15.5. The monoisotopic (exact) mass is 292 g/mol. The van der Waals surface area contributed by atoms with Crippen molar-refractivity contribution in [2.45, 2.75) is 19.9 Å². The average molecular weight is 292 g/mol. The molecule has 1 aliphatic heterocycles. The van der Waals surface area contributed by atoms with Crippen LogP contribution in [0, 0.1) is 12.8 Å². The molecule has 0 aliphatic carbocycles. The van der Waals surface area contributed by atoms with Gasteiger partial charge in [-0.1, -0.05) is 13.0 Å². The Morgan fingerprint density at radius 3 is 2.81 bits per heavy atom. The zero-order valence-corrected chi connectivity index (χ0v) is 12.2. The summed E-state index contributed by atoms with van der Waals surface area (Å²) in [6.45, 7) is 5.33. The predicted octanol–water partition coefficient (Wildman–Crippen LogP) is 1.26. The molecule has 1 saturated heterocycles. The normalized spacial score (nSPS) is 21.2. The van der Waals surface area contributed by atoms with E-state index in [2.05, 4.69) is 10.6 Å². The third-order valence-corrected chi connectivity index (χ3v) is 3.71. The first-order valence-electron chi connectivity index (χ1n) is 6.99. The van der Waals surface area contributed by atoms with Gasteiger partial charge in [0.15, 0.2) is 0 Å². The number of aromatic carboxylic acids is 1. The lowest BCUT2D eigenvalue weighted by atomic mass is 10.0. The fraction of sp³-hybridized carbons (Fsp3) is 0.467. The van der Waals surface area contributed by atoms with E-state index in [4.69, 9.17) is 9.84 Å². The van der Waals surface area contributed by atoms with Crippen LogP contribution in [0.25, 0.3) is 0 Å². The second kappa shape index (κ2) is 6.69. The Hall–Kier alpha value is -1.92. The highest BCUT2D eigenvalue weighted by molar-refractivity contribution is 5.97. The van der Waals surface area contributed by atoms with Gasteiger partial charge in [-0.3, -0.25) is 4.79 Å². The fourth-order valence-electron chi connectivity index (χ4n) is 2.50. The van der Waals surface area contributed by atoms with Gasteiger partial charge in [0, 0.05) is 11.7 Å². The summed E-state index contributed by atoms with van der Waals surface area (Å²) in [5.74, 6) is -1.42. The highest BCUT2D eigenvalue weighted by Gasteiger charge is 2.33. The maximum Gasteiger partial charge on any atom is 0.336 e. The van der Waals surface area contributed by atoms with Crippen molar-refractivity contribution >= 4 is 17.6 Å². The lowest BCUT2D eigenvalue weighted by molar-refractivity contribution is -0.120. The van der Waals surface area contributed by atoms with Crippen LogP contribution in [0.5, 0.6) is 0 Å². The zero-order chi connectivity index (χ0) is 15.4. The zero-order valence-electron chi connectivity index (χ0n) is 12.2. The van der Waals surface area contributed by atoms with Crippen molar-refractivity contribution in [3.63, 3.8) is 0 Å². The van der Waals surface area contributed by atoms with Crippen molar-refractivity contribution in [3.05, 3.63) is 29.3 Å². The van der Waals surface area contributed by atoms with E-state index in [1.54, 1.807) is 19.1 Å². The quantitative estimate of drug-likeness (QED) is 0.760. The summed E-state index contributed by atoms with van der Waals surface area (Å²) in [5, 5.41) is 15.1. The molecule has 1 aromatic carbocycles. The van der Waals surface area contributed by atoms with Crippen molar-refractivity contribution in [3.8, 4) is 0 Å². The summed E-state index contributed by atoms with van der Waals surface area (Å²) in [4.78, 5) is 23.5. The number of carbonyl (C=O) groups is 2. The molecule has 6 heteroatoms. The van der Waals surface area contributed by atoms with Gasteiger partial charge in [0.05, 0.1) is 24.7 Å². The predicted molar refractivity (Wildman–Crippen MR) is 78.5 cm³/mol. The molecule has 0 saturated carbocycles. The van der Waals surface area contributed by atoms with E-state index in [1.807, 2.05) is 6.92 Å². The van der Waals surface area contributed by atoms with Gasteiger partial charge in [-0.05, 0) is 31.2 Å². The van der Waals surface area contributed by atoms with Crippen LogP contribution in [0.15, 0.2) is 18.2 Å². The van der Waals surface area contributed by atoms with Gasteiger partial charge in [0.2, 0.25) is 5.91 Å². The van der Waals surface area contributed by atoms with Crippen molar-refractivity contribution in [2.24, 2.45) is 5.92 Å². The largest absolute Gasteiger partial charge is 0.478 e. The van der Waals surface area contributed by atoms with Crippen LogP contribution in [-0.2, 0) is 9.53 Å². The van der Waals surface area contributed by atoms with Crippen LogP contribution in [0.4, 0.5) is 5.69 Å². The summed E-state index contributed by atoms with van der Waals surface area (Å²) in [7, 11) is 0. The van der Waals surface area contributed by atoms with Gasteiger partial charge in [-0.2, -0.15) is 0 Å². The number of benzene rings is 1. The standard InChI is InChI=1S/C15H20N2O4/c1-3-16-13-8-21-7-11(13)14(18)17-12-6-4-5-10(9(12)2)15(19)20/h4-6,11,13,16H,3,7-8H2,1-2H3,(H,17,18)(H,19,20). The molecule has 1 heterocycles. The molecule has 1 amide bonds. The van der Waals surface area contributed by atoms with E-state index in [9.17, 15) is 9.59 Å². The Morgan fingerprint density at radius 2 is 2.14 bits per heavy atom. The summed E-state index contributed by atoms with van der Waals surface area (Å²) in [5.41, 5.74) is 1.28. The summed E-state index contributed by atoms with van der Waals surface area (Å²) < 4.78 is 5.36. The van der Waals surface area contributed by atoms with Crippen LogP contribution in [0.2, 0.25) is 0 Å². The van der Waals surface area contributed by atoms with Crippen LogP contribution < -0.4 is 10.6 Å². The average Bonchev–Trinajstić information content (AvgIpc) is 2.89. The Balaban J connectivity index is 2.13. The molecule has 114 valence electrons. The van der Waals surface area contributed by atoms with Crippen molar-refractivity contribution in [1.82, 2.24) is 5.32 Å². The number of hydrogen-bond donors (Lipinski definition) is 3. The first-order chi connectivity index (χ1) is 10.0. The summed E-state index contributed by atoms with van der Waals surface area (Å²) in [6.07, 6.45) is 0. The highest BCUT2D eigenvalue weighted by Crippen LogP contribution is 2.22. The van der Waals surface area contributed by atoms with E-state index < -0.39 is 5.97 Å². The molecule has 2 atom stereocenters. The Labute approximate surface area is 123 Å². The third-order valence-electron chi connectivity index (χ3n) is 3.71. The van der Waals surface area contributed by atoms with Gasteiger partial charge < -0.3 is 20.5 Å². The number of carbonyl (C=O) groups excluding carboxylic acids is 1. The smallest absolute Gasteiger partial charge is 0.336 e. The van der Waals surface area contributed by atoms with E-state index in [1.165, 1.54) is 6.07 Å². The molecule has 0 spiro atoms. The van der Waals surface area contributed by atoms with Gasteiger partial charge in [-0.25, -0.2) is 4.79 Å². The Kier molecular flexibility index (Phi) is 4.93. The topological polar surface area (TPSA) is 87.7 Å². The number of carboxylic acid groups (broad SMARTS) is 1. The number of anilines is 1. The molecule has 6 nitrogen and oxygen atoms in total. The lowest BCUT2D eigenvalue weighted by Gasteiger charge is -2.18. The molecular weight excluding hydrogens is 272 g/mol. The summed E-state index contributed by atoms with van der Waals surface area (Å²) in [6, 6.07) is 4.85. The minimum atomic E-state index is -1.00. The Bertz CT molecular complexity index is 544. The van der Waals surface area contributed by atoms with E-state index in [0.717, 1.165) is 6.54 Å². The second-order valence-electron chi connectivity index (χ2n) is 5.08. The molecule has 2 unspecified atom stereocenters. The van der Waals surface area contributed by atoms with E-state index >= 15 is 0 Å². The molecule has 1 aromatic rings. The van der Waals surface area contributed by atoms with Crippen molar-refractivity contribution in [2.75, 3.05) is 25.1 Å². The first-order valence-corrected chi connectivity index (χ1v) is 6.99. The molecule has 1 fully saturated rings. The number of hydrogen-bond acceptors (Lipinski definition) is 4.